The second-order valence-corrected chi connectivity index (χ2v) is 7.09. The Balaban J connectivity index is 1.54. The average Bonchev–Trinajstić information content (AvgIpc) is 2.72. The van der Waals surface area contributed by atoms with Crippen molar-refractivity contribution < 1.29 is 4.74 Å². The molecule has 0 fully saturated rings. The molecule has 0 aliphatic heterocycles. The van der Waals surface area contributed by atoms with E-state index in [-0.39, 0.29) is 0 Å². The molecule has 0 bridgehead atoms. The van der Waals surface area contributed by atoms with E-state index in [1.54, 1.807) is 0 Å². The van der Waals surface area contributed by atoms with E-state index in [2.05, 4.69) is 85.9 Å². The zero-order valence-electron chi connectivity index (χ0n) is 16.3. The summed E-state index contributed by atoms with van der Waals surface area (Å²) in [5.41, 5.74) is 3.92. The Kier molecular flexibility index (Phi) is 7.06. The van der Waals surface area contributed by atoms with Gasteiger partial charge in [0, 0.05) is 12.0 Å². The smallest absolute Gasteiger partial charge is 0.122 e. The molecule has 0 amide bonds. The molecule has 1 N–H and O–H groups in total. The van der Waals surface area contributed by atoms with E-state index in [1.807, 2.05) is 18.2 Å². The first-order chi connectivity index (χ1) is 13.2. The number of rotatable bonds is 9. The molecule has 0 radical (unpaired) electrons. The van der Waals surface area contributed by atoms with Gasteiger partial charge in [0.1, 0.15) is 12.4 Å². The predicted octanol–water partition coefficient (Wildman–Crippen LogP) is 5.57. The Morgan fingerprint density at radius 2 is 1.33 bits per heavy atom. The molecule has 2 nitrogen and oxygen atoms in total. The Hall–Kier alpha value is -2.58. The summed E-state index contributed by atoms with van der Waals surface area (Å²) in [6.07, 6.45) is 1.06. The Morgan fingerprint density at radius 3 is 1.93 bits per heavy atom. The number of para-hydroxylation sites is 1. The number of hydrogen-bond acceptors (Lipinski definition) is 2. The molecule has 3 aromatic carbocycles. The standard InChI is InChI=1S/C25H29NO/c1-20-11-9-10-16-25(20)27-19-21(2)26-18-17-24(22-12-5-3-6-13-22)23-14-7-4-8-15-23/h3-16,21,24,26H,17-19H2,1-2H3/t21-/m0/s1. The average molecular weight is 360 g/mol. The molecule has 0 aliphatic rings. The lowest BCUT2D eigenvalue weighted by atomic mass is 9.88. The number of ether oxygens (including phenoxy) is 1. The van der Waals surface area contributed by atoms with Crippen LogP contribution in [0.2, 0.25) is 0 Å². The highest BCUT2D eigenvalue weighted by atomic mass is 16.5. The third kappa shape index (κ3) is 5.70. The summed E-state index contributed by atoms with van der Waals surface area (Å²) in [6, 6.07) is 30.0. The fourth-order valence-corrected chi connectivity index (χ4v) is 3.36. The second-order valence-electron chi connectivity index (χ2n) is 7.09. The third-order valence-electron chi connectivity index (χ3n) is 4.91. The van der Waals surface area contributed by atoms with E-state index >= 15 is 0 Å². The Labute approximate surface area is 163 Å². The van der Waals surface area contributed by atoms with Crippen LogP contribution in [0, 0.1) is 6.92 Å². The van der Waals surface area contributed by atoms with E-state index in [4.69, 9.17) is 4.74 Å². The third-order valence-corrected chi connectivity index (χ3v) is 4.91. The zero-order chi connectivity index (χ0) is 18.9. The summed E-state index contributed by atoms with van der Waals surface area (Å²) < 4.78 is 5.96. The van der Waals surface area contributed by atoms with Gasteiger partial charge in [0.15, 0.2) is 0 Å². The summed E-state index contributed by atoms with van der Waals surface area (Å²) in [5.74, 6) is 1.38. The van der Waals surface area contributed by atoms with Crippen molar-refractivity contribution in [3.63, 3.8) is 0 Å². The first-order valence-corrected chi connectivity index (χ1v) is 9.75. The van der Waals surface area contributed by atoms with Crippen molar-refractivity contribution in [2.45, 2.75) is 32.2 Å². The lowest BCUT2D eigenvalue weighted by Crippen LogP contribution is -2.33. The van der Waals surface area contributed by atoms with Crippen LogP contribution in [-0.2, 0) is 0 Å². The number of aryl methyl sites for hydroxylation is 1. The van der Waals surface area contributed by atoms with Crippen LogP contribution in [0.4, 0.5) is 0 Å². The molecule has 1 atom stereocenters. The van der Waals surface area contributed by atoms with Crippen LogP contribution >= 0.6 is 0 Å². The second kappa shape index (κ2) is 9.94. The topological polar surface area (TPSA) is 21.3 Å². The lowest BCUT2D eigenvalue weighted by molar-refractivity contribution is 0.271. The van der Waals surface area contributed by atoms with Gasteiger partial charge in [0.2, 0.25) is 0 Å². The summed E-state index contributed by atoms with van der Waals surface area (Å²) in [4.78, 5) is 0. The largest absolute Gasteiger partial charge is 0.492 e. The van der Waals surface area contributed by atoms with Gasteiger partial charge in [-0.3, -0.25) is 0 Å². The SMILES string of the molecule is Cc1ccccc1OC[C@H](C)NCCC(c1ccccc1)c1ccccc1. The monoisotopic (exact) mass is 359 g/mol. The molecule has 0 aliphatic carbocycles. The van der Waals surface area contributed by atoms with Crippen LogP contribution < -0.4 is 10.1 Å². The molecule has 3 aromatic rings. The minimum Gasteiger partial charge on any atom is -0.492 e. The maximum atomic E-state index is 5.96. The molecule has 0 saturated heterocycles. The van der Waals surface area contributed by atoms with Crippen molar-refractivity contribution in [1.82, 2.24) is 5.32 Å². The molecule has 0 unspecified atom stereocenters. The fraction of sp³-hybridized carbons (Fsp3) is 0.280. The van der Waals surface area contributed by atoms with Crippen molar-refractivity contribution in [1.29, 1.82) is 0 Å². The fourth-order valence-electron chi connectivity index (χ4n) is 3.36. The number of hydrogen-bond donors (Lipinski definition) is 1. The van der Waals surface area contributed by atoms with Crippen LogP contribution in [0.3, 0.4) is 0 Å². The maximum absolute atomic E-state index is 5.96. The maximum Gasteiger partial charge on any atom is 0.122 e. The molecule has 0 heterocycles. The van der Waals surface area contributed by atoms with Gasteiger partial charge < -0.3 is 10.1 Å². The van der Waals surface area contributed by atoms with E-state index < -0.39 is 0 Å². The molecule has 0 spiro atoms. The Morgan fingerprint density at radius 1 is 0.778 bits per heavy atom. The van der Waals surface area contributed by atoms with E-state index in [9.17, 15) is 0 Å². The summed E-state index contributed by atoms with van der Waals surface area (Å²) in [5, 5.41) is 3.62. The molecular weight excluding hydrogens is 330 g/mol. The van der Waals surface area contributed by atoms with E-state index in [0.717, 1.165) is 18.7 Å². The highest BCUT2D eigenvalue weighted by Crippen LogP contribution is 2.27. The van der Waals surface area contributed by atoms with Crippen molar-refractivity contribution in [3.05, 3.63) is 102 Å². The first-order valence-electron chi connectivity index (χ1n) is 9.75. The van der Waals surface area contributed by atoms with Crippen molar-refractivity contribution in [2.75, 3.05) is 13.2 Å². The normalized spacial score (nSPS) is 12.1. The molecule has 0 saturated carbocycles. The highest BCUT2D eigenvalue weighted by molar-refractivity contribution is 5.33. The molecule has 2 heteroatoms. The quantitative estimate of drug-likeness (QED) is 0.539. The molecular formula is C25H29NO. The zero-order valence-corrected chi connectivity index (χ0v) is 16.3. The van der Waals surface area contributed by atoms with Crippen molar-refractivity contribution in [3.8, 4) is 5.75 Å². The van der Waals surface area contributed by atoms with Gasteiger partial charge >= 0.3 is 0 Å². The van der Waals surface area contributed by atoms with Crippen LogP contribution in [0.15, 0.2) is 84.9 Å². The molecule has 27 heavy (non-hydrogen) atoms. The van der Waals surface area contributed by atoms with Gasteiger partial charge in [0.05, 0.1) is 0 Å². The minimum absolute atomic E-state index is 0.303. The van der Waals surface area contributed by atoms with Gasteiger partial charge in [-0.25, -0.2) is 0 Å². The van der Waals surface area contributed by atoms with Crippen LogP contribution in [-0.4, -0.2) is 19.2 Å². The van der Waals surface area contributed by atoms with Gasteiger partial charge in [-0.05, 0) is 49.6 Å². The van der Waals surface area contributed by atoms with E-state index in [0.29, 0.717) is 18.6 Å². The number of nitrogens with one attached hydrogen (secondary N) is 1. The Bertz CT molecular complexity index is 761. The first kappa shape index (κ1) is 19.2. The van der Waals surface area contributed by atoms with Crippen molar-refractivity contribution in [2.24, 2.45) is 0 Å². The van der Waals surface area contributed by atoms with Gasteiger partial charge in [0.25, 0.3) is 0 Å². The summed E-state index contributed by atoms with van der Waals surface area (Å²) in [7, 11) is 0. The summed E-state index contributed by atoms with van der Waals surface area (Å²) >= 11 is 0. The molecule has 3 rings (SSSR count). The van der Waals surface area contributed by atoms with Gasteiger partial charge in [-0.15, -0.1) is 0 Å². The van der Waals surface area contributed by atoms with Gasteiger partial charge in [-0.1, -0.05) is 78.9 Å². The lowest BCUT2D eigenvalue weighted by Gasteiger charge is -2.21. The number of benzene rings is 3. The van der Waals surface area contributed by atoms with Crippen LogP contribution in [0.25, 0.3) is 0 Å². The van der Waals surface area contributed by atoms with Crippen molar-refractivity contribution >= 4 is 0 Å². The minimum atomic E-state index is 0.303. The predicted molar refractivity (Wildman–Crippen MR) is 113 cm³/mol. The van der Waals surface area contributed by atoms with Crippen LogP contribution in [0.1, 0.15) is 36.0 Å². The molecule has 0 aromatic heterocycles. The molecule has 140 valence electrons. The van der Waals surface area contributed by atoms with E-state index in [1.165, 1.54) is 16.7 Å². The summed E-state index contributed by atoms with van der Waals surface area (Å²) in [6.45, 7) is 5.88. The van der Waals surface area contributed by atoms with Crippen LogP contribution in [0.5, 0.6) is 5.75 Å². The highest BCUT2D eigenvalue weighted by Gasteiger charge is 2.14. The van der Waals surface area contributed by atoms with Gasteiger partial charge in [-0.2, -0.15) is 0 Å².